The van der Waals surface area contributed by atoms with Crippen LogP contribution in [0.15, 0.2) is 0 Å². The van der Waals surface area contributed by atoms with E-state index >= 15 is 0 Å². The van der Waals surface area contributed by atoms with Gasteiger partial charge in [0.25, 0.3) is 0 Å². The van der Waals surface area contributed by atoms with Crippen LogP contribution in [0, 0.1) is 64.6 Å². The highest BCUT2D eigenvalue weighted by atomic mass is 16.5. The Morgan fingerprint density at radius 1 is 0.923 bits per heavy atom. The van der Waals surface area contributed by atoms with E-state index < -0.39 is 0 Å². The van der Waals surface area contributed by atoms with Gasteiger partial charge in [-0.1, -0.05) is 27.2 Å². The predicted molar refractivity (Wildman–Crippen MR) is 108 cm³/mol. The molecule has 5 fully saturated rings. The molecule has 0 spiro atoms. The van der Waals surface area contributed by atoms with E-state index in [9.17, 15) is 0 Å². The van der Waals surface area contributed by atoms with Crippen LogP contribution >= 0.6 is 0 Å². The van der Waals surface area contributed by atoms with Crippen LogP contribution in [0.25, 0.3) is 0 Å². The van der Waals surface area contributed by atoms with E-state index in [4.69, 9.17) is 4.74 Å². The monoisotopic (exact) mass is 358 g/mol. The van der Waals surface area contributed by atoms with Crippen molar-refractivity contribution in [2.45, 2.75) is 78.6 Å². The molecule has 0 radical (unpaired) electrons. The molecular formula is C25H42O. The highest BCUT2D eigenvalue weighted by Gasteiger charge is 2.71. The smallest absolute Gasteiger partial charge is 0.0462 e. The van der Waals surface area contributed by atoms with Crippen molar-refractivity contribution in [3.8, 4) is 0 Å². The standard InChI is InChI=1S/C25H42O/c1-15-7-9-18-17(14-15)8-10-20-19(18)11-12-25(3)21(6-5-13-26-4)22-16(2)23(22)24(20)25/h15-24H,5-14H2,1-4H3/t15?,16-,17?,18?,19?,20?,21?,22?,23?,24?,25?/m1/s1. The van der Waals surface area contributed by atoms with Crippen molar-refractivity contribution in [3.63, 3.8) is 0 Å². The van der Waals surface area contributed by atoms with Gasteiger partial charge < -0.3 is 4.74 Å². The summed E-state index contributed by atoms with van der Waals surface area (Å²) in [5.41, 5.74) is 0.672. The fraction of sp³-hybridized carbons (Fsp3) is 1.00. The first-order valence-electron chi connectivity index (χ1n) is 12.0. The quantitative estimate of drug-likeness (QED) is 0.527. The molecule has 0 N–H and O–H groups in total. The van der Waals surface area contributed by atoms with Gasteiger partial charge in [-0.25, -0.2) is 0 Å². The largest absolute Gasteiger partial charge is 0.385 e. The van der Waals surface area contributed by atoms with E-state index in [1.165, 1.54) is 19.3 Å². The third kappa shape index (κ3) is 2.51. The molecule has 10 unspecified atom stereocenters. The van der Waals surface area contributed by atoms with Gasteiger partial charge in [0.1, 0.15) is 0 Å². The van der Waals surface area contributed by atoms with E-state index in [-0.39, 0.29) is 0 Å². The summed E-state index contributed by atoms with van der Waals surface area (Å²) in [6, 6.07) is 0. The molecule has 0 heterocycles. The maximum atomic E-state index is 5.40. The van der Waals surface area contributed by atoms with Crippen LogP contribution in [-0.4, -0.2) is 13.7 Å². The van der Waals surface area contributed by atoms with Crippen LogP contribution in [0.4, 0.5) is 0 Å². The lowest BCUT2D eigenvalue weighted by Crippen LogP contribution is -2.50. The van der Waals surface area contributed by atoms with Crippen LogP contribution in [0.5, 0.6) is 0 Å². The van der Waals surface area contributed by atoms with E-state index in [0.29, 0.717) is 5.41 Å². The Morgan fingerprint density at radius 2 is 1.73 bits per heavy atom. The van der Waals surface area contributed by atoms with Crippen molar-refractivity contribution in [2.75, 3.05) is 13.7 Å². The molecule has 0 bridgehead atoms. The number of hydrogen-bond donors (Lipinski definition) is 0. The maximum absolute atomic E-state index is 5.40. The lowest BCUT2D eigenvalue weighted by molar-refractivity contribution is -0.0848. The predicted octanol–water partition coefficient (Wildman–Crippen LogP) is 6.42. The summed E-state index contributed by atoms with van der Waals surface area (Å²) in [4.78, 5) is 0. The number of fused-ring (bicyclic) bond motifs is 7. The molecule has 0 aliphatic heterocycles. The first kappa shape index (κ1) is 18.0. The third-order valence-electron chi connectivity index (χ3n) is 10.6. The lowest BCUT2D eigenvalue weighted by atomic mass is 9.48. The zero-order chi connectivity index (χ0) is 18.1. The van der Waals surface area contributed by atoms with Gasteiger partial charge in [0.2, 0.25) is 0 Å². The van der Waals surface area contributed by atoms with Crippen molar-refractivity contribution < 1.29 is 4.74 Å². The van der Waals surface area contributed by atoms with Gasteiger partial charge in [0, 0.05) is 13.7 Å². The SMILES string of the molecule is COCCCC1C2C(C3C4CCC5CC(C)CCC5C4CCC13C)[C@@H]2C. The Kier molecular flexibility index (Phi) is 4.50. The number of methoxy groups -OCH3 is 1. The van der Waals surface area contributed by atoms with Gasteiger partial charge in [0.05, 0.1) is 0 Å². The molecule has 5 saturated carbocycles. The third-order valence-corrected chi connectivity index (χ3v) is 10.6. The molecule has 0 aromatic heterocycles. The molecule has 0 aromatic carbocycles. The maximum Gasteiger partial charge on any atom is 0.0462 e. The van der Waals surface area contributed by atoms with Crippen LogP contribution in [0.3, 0.4) is 0 Å². The summed E-state index contributed by atoms with van der Waals surface area (Å²) >= 11 is 0. The zero-order valence-electron chi connectivity index (χ0n) is 17.8. The van der Waals surface area contributed by atoms with E-state index in [1.54, 1.807) is 38.5 Å². The molecule has 26 heavy (non-hydrogen) atoms. The molecular weight excluding hydrogens is 316 g/mol. The van der Waals surface area contributed by atoms with E-state index in [1.807, 2.05) is 7.11 Å². The molecule has 1 nitrogen and oxygen atoms in total. The van der Waals surface area contributed by atoms with Crippen LogP contribution in [-0.2, 0) is 4.74 Å². The fourth-order valence-electron chi connectivity index (χ4n) is 9.66. The summed E-state index contributed by atoms with van der Waals surface area (Å²) < 4.78 is 5.40. The summed E-state index contributed by atoms with van der Waals surface area (Å²) in [6.45, 7) is 8.81. The van der Waals surface area contributed by atoms with Crippen molar-refractivity contribution in [1.82, 2.24) is 0 Å². The van der Waals surface area contributed by atoms with Crippen molar-refractivity contribution in [3.05, 3.63) is 0 Å². The van der Waals surface area contributed by atoms with Crippen LogP contribution < -0.4 is 0 Å². The minimum atomic E-state index is 0.672. The Morgan fingerprint density at radius 3 is 2.54 bits per heavy atom. The molecule has 0 saturated heterocycles. The molecule has 1 heteroatoms. The number of rotatable bonds is 4. The van der Waals surface area contributed by atoms with Gasteiger partial charge in [-0.05, 0) is 116 Å². The minimum absolute atomic E-state index is 0.672. The first-order chi connectivity index (χ1) is 12.6. The fourth-order valence-corrected chi connectivity index (χ4v) is 9.66. The zero-order valence-corrected chi connectivity index (χ0v) is 17.8. The second-order valence-corrected chi connectivity index (χ2v) is 11.6. The first-order valence-corrected chi connectivity index (χ1v) is 12.0. The Balaban J connectivity index is 1.37. The summed E-state index contributed by atoms with van der Waals surface area (Å²) in [5, 5.41) is 0. The average molecular weight is 359 g/mol. The van der Waals surface area contributed by atoms with Crippen molar-refractivity contribution >= 4 is 0 Å². The van der Waals surface area contributed by atoms with Gasteiger partial charge in [-0.3, -0.25) is 0 Å². The highest BCUT2D eigenvalue weighted by Crippen LogP contribution is 2.77. The summed E-state index contributed by atoms with van der Waals surface area (Å²) in [5.74, 6) is 10.7. The van der Waals surface area contributed by atoms with Gasteiger partial charge in [-0.15, -0.1) is 0 Å². The number of ether oxygens (including phenoxy) is 1. The molecule has 148 valence electrons. The minimum Gasteiger partial charge on any atom is -0.385 e. The van der Waals surface area contributed by atoms with E-state index in [2.05, 4.69) is 20.8 Å². The van der Waals surface area contributed by atoms with E-state index in [0.717, 1.165) is 65.8 Å². The molecule has 0 aromatic rings. The second-order valence-electron chi connectivity index (χ2n) is 11.6. The summed E-state index contributed by atoms with van der Waals surface area (Å²) in [6.07, 6.45) is 13.6. The lowest BCUT2D eigenvalue weighted by Gasteiger charge is -2.57. The Bertz CT molecular complexity index is 528. The van der Waals surface area contributed by atoms with Gasteiger partial charge in [0.15, 0.2) is 0 Å². The molecule has 5 aliphatic carbocycles. The van der Waals surface area contributed by atoms with Gasteiger partial charge in [-0.2, -0.15) is 0 Å². The normalized spacial score (nSPS) is 57.7. The second kappa shape index (κ2) is 6.50. The highest BCUT2D eigenvalue weighted by molar-refractivity contribution is 5.19. The molecule has 5 aliphatic rings. The van der Waals surface area contributed by atoms with Crippen LogP contribution in [0.2, 0.25) is 0 Å². The topological polar surface area (TPSA) is 9.23 Å². The summed E-state index contributed by atoms with van der Waals surface area (Å²) in [7, 11) is 1.87. The molecule has 0 amide bonds. The number of hydrogen-bond acceptors (Lipinski definition) is 1. The Labute approximate surface area is 162 Å². The van der Waals surface area contributed by atoms with Crippen LogP contribution in [0.1, 0.15) is 78.6 Å². The van der Waals surface area contributed by atoms with Crippen molar-refractivity contribution in [2.24, 2.45) is 64.6 Å². The molecule has 5 rings (SSSR count). The molecule has 11 atom stereocenters. The Hall–Kier alpha value is -0.0400. The van der Waals surface area contributed by atoms with Crippen molar-refractivity contribution in [1.29, 1.82) is 0 Å². The average Bonchev–Trinajstić information content (AvgIpc) is 3.17. The van der Waals surface area contributed by atoms with Gasteiger partial charge >= 0.3 is 0 Å².